The fourth-order valence-electron chi connectivity index (χ4n) is 0.631. The van der Waals surface area contributed by atoms with E-state index < -0.39 is 0 Å². The number of methoxy groups -OCH3 is 2. The van der Waals surface area contributed by atoms with Crippen molar-refractivity contribution in [2.75, 3.05) is 20.0 Å². The van der Waals surface area contributed by atoms with Crippen LogP contribution in [0, 0.1) is 0 Å². The van der Waals surface area contributed by atoms with Gasteiger partial charge in [-0.15, -0.1) is 0 Å². The van der Waals surface area contributed by atoms with Gasteiger partial charge in [0.1, 0.15) is 0 Å². The van der Waals surface area contributed by atoms with E-state index in [9.17, 15) is 4.79 Å². The second kappa shape index (κ2) is 6.64. The van der Waals surface area contributed by atoms with Crippen LogP contribution in [0.2, 0.25) is 0 Å². The molecule has 0 aliphatic heterocycles. The number of hydrogen-bond acceptors (Lipinski definition) is 4. The highest BCUT2D eigenvalue weighted by molar-refractivity contribution is 8.13. The van der Waals surface area contributed by atoms with Crippen molar-refractivity contribution in [1.29, 1.82) is 0 Å². The van der Waals surface area contributed by atoms with Crippen LogP contribution in [0.1, 0.15) is 13.3 Å². The second-order valence-electron chi connectivity index (χ2n) is 2.03. The molecule has 0 saturated heterocycles. The molecule has 11 heavy (non-hydrogen) atoms. The van der Waals surface area contributed by atoms with Crippen molar-refractivity contribution < 1.29 is 14.3 Å². The molecular formula is C7H14O3S. The van der Waals surface area contributed by atoms with Crippen LogP contribution < -0.4 is 0 Å². The van der Waals surface area contributed by atoms with E-state index in [1.165, 1.54) is 11.8 Å². The number of hydrogen-bond donors (Lipinski definition) is 0. The molecule has 0 amide bonds. The summed E-state index contributed by atoms with van der Waals surface area (Å²) in [6.45, 7) is 1.55. The topological polar surface area (TPSA) is 35.5 Å². The smallest absolute Gasteiger partial charge is 0.185 e. The zero-order valence-electron chi connectivity index (χ0n) is 7.12. The molecule has 0 unspecified atom stereocenters. The first-order chi connectivity index (χ1) is 5.20. The third-order valence-electron chi connectivity index (χ3n) is 1.18. The Hall–Kier alpha value is -0.0600. The average molecular weight is 178 g/mol. The SMILES string of the molecule is COC(CCSC(C)=O)OC. The molecule has 0 aromatic rings. The van der Waals surface area contributed by atoms with Crippen molar-refractivity contribution in [3.8, 4) is 0 Å². The molecule has 0 radical (unpaired) electrons. The lowest BCUT2D eigenvalue weighted by Crippen LogP contribution is -2.13. The minimum Gasteiger partial charge on any atom is -0.356 e. The maximum atomic E-state index is 10.5. The summed E-state index contributed by atoms with van der Waals surface area (Å²) in [5.74, 6) is 0.752. The van der Waals surface area contributed by atoms with Gasteiger partial charge in [-0.3, -0.25) is 4.79 Å². The van der Waals surface area contributed by atoms with Crippen LogP contribution in [0.15, 0.2) is 0 Å². The summed E-state index contributed by atoms with van der Waals surface area (Å²) in [5, 5.41) is 0.135. The van der Waals surface area contributed by atoms with E-state index in [0.717, 1.165) is 12.2 Å². The van der Waals surface area contributed by atoms with Gasteiger partial charge in [-0.2, -0.15) is 0 Å². The molecule has 0 spiro atoms. The molecule has 0 atom stereocenters. The monoisotopic (exact) mass is 178 g/mol. The zero-order valence-corrected chi connectivity index (χ0v) is 7.94. The van der Waals surface area contributed by atoms with Crippen molar-refractivity contribution in [1.82, 2.24) is 0 Å². The zero-order chi connectivity index (χ0) is 8.69. The fourth-order valence-corrected chi connectivity index (χ4v) is 1.23. The molecule has 0 saturated carbocycles. The number of thioether (sulfide) groups is 1. The minimum atomic E-state index is -0.179. The molecule has 0 aromatic carbocycles. The lowest BCUT2D eigenvalue weighted by Gasteiger charge is -2.11. The molecule has 3 nitrogen and oxygen atoms in total. The lowest BCUT2D eigenvalue weighted by atomic mass is 10.5. The van der Waals surface area contributed by atoms with Crippen LogP contribution in [0.5, 0.6) is 0 Å². The Morgan fingerprint density at radius 3 is 2.36 bits per heavy atom. The van der Waals surface area contributed by atoms with Gasteiger partial charge >= 0.3 is 0 Å². The second-order valence-corrected chi connectivity index (χ2v) is 3.30. The summed E-state index contributed by atoms with van der Waals surface area (Å²) in [5.41, 5.74) is 0. The molecule has 0 N–H and O–H groups in total. The Kier molecular flexibility index (Phi) is 6.60. The first kappa shape index (κ1) is 10.9. The van der Waals surface area contributed by atoms with Crippen LogP contribution in [0.4, 0.5) is 0 Å². The number of carbonyl (C=O) groups excluding carboxylic acids is 1. The van der Waals surface area contributed by atoms with Crippen molar-refractivity contribution in [2.45, 2.75) is 19.6 Å². The van der Waals surface area contributed by atoms with Crippen LogP contribution in [-0.4, -0.2) is 31.4 Å². The van der Waals surface area contributed by atoms with Gasteiger partial charge in [-0.25, -0.2) is 0 Å². The average Bonchev–Trinajstić information content (AvgIpc) is 1.98. The predicted molar refractivity (Wildman–Crippen MR) is 45.6 cm³/mol. The quantitative estimate of drug-likeness (QED) is 0.594. The first-order valence-corrected chi connectivity index (χ1v) is 4.38. The van der Waals surface area contributed by atoms with Gasteiger partial charge in [0.15, 0.2) is 11.4 Å². The molecule has 0 fully saturated rings. The largest absolute Gasteiger partial charge is 0.356 e. The predicted octanol–water partition coefficient (Wildman–Crippen LogP) is 1.28. The van der Waals surface area contributed by atoms with Crippen molar-refractivity contribution in [3.05, 3.63) is 0 Å². The van der Waals surface area contributed by atoms with E-state index in [2.05, 4.69) is 0 Å². The van der Waals surface area contributed by atoms with E-state index in [1.54, 1.807) is 21.1 Å². The van der Waals surface area contributed by atoms with Gasteiger partial charge in [0.2, 0.25) is 0 Å². The highest BCUT2D eigenvalue weighted by Crippen LogP contribution is 2.07. The Bertz CT molecular complexity index is 112. The summed E-state index contributed by atoms with van der Waals surface area (Å²) in [6, 6.07) is 0. The van der Waals surface area contributed by atoms with Crippen molar-refractivity contribution in [2.24, 2.45) is 0 Å². The maximum absolute atomic E-state index is 10.5. The van der Waals surface area contributed by atoms with Crippen LogP contribution in [0.3, 0.4) is 0 Å². The van der Waals surface area contributed by atoms with E-state index in [0.29, 0.717) is 0 Å². The van der Waals surface area contributed by atoms with Gasteiger partial charge < -0.3 is 9.47 Å². The minimum absolute atomic E-state index is 0.135. The lowest BCUT2D eigenvalue weighted by molar-refractivity contribution is -0.109. The number of carbonyl (C=O) groups is 1. The van der Waals surface area contributed by atoms with Crippen molar-refractivity contribution >= 4 is 16.9 Å². The van der Waals surface area contributed by atoms with Crippen LogP contribution in [0.25, 0.3) is 0 Å². The molecule has 4 heteroatoms. The molecule has 66 valence electrons. The molecule has 0 aromatic heterocycles. The van der Waals surface area contributed by atoms with Gasteiger partial charge in [-0.1, -0.05) is 11.8 Å². The normalized spacial score (nSPS) is 10.5. The summed E-state index contributed by atoms with van der Waals surface area (Å²) in [4.78, 5) is 10.5. The van der Waals surface area contributed by atoms with Crippen LogP contribution >= 0.6 is 11.8 Å². The highest BCUT2D eigenvalue weighted by atomic mass is 32.2. The van der Waals surface area contributed by atoms with Gasteiger partial charge in [0.05, 0.1) is 0 Å². The Morgan fingerprint density at radius 1 is 1.45 bits per heavy atom. The Balaban J connectivity index is 3.28. The number of ether oxygens (including phenoxy) is 2. The molecule has 0 bridgehead atoms. The first-order valence-electron chi connectivity index (χ1n) is 3.39. The van der Waals surface area contributed by atoms with E-state index >= 15 is 0 Å². The summed E-state index contributed by atoms with van der Waals surface area (Å²) < 4.78 is 9.87. The summed E-state index contributed by atoms with van der Waals surface area (Å²) in [6.07, 6.45) is 0.568. The Labute approximate surface area is 71.4 Å². The highest BCUT2D eigenvalue weighted by Gasteiger charge is 2.04. The summed E-state index contributed by atoms with van der Waals surface area (Å²) in [7, 11) is 3.18. The number of rotatable bonds is 5. The van der Waals surface area contributed by atoms with Gasteiger partial charge in [-0.05, 0) is 0 Å². The van der Waals surface area contributed by atoms with Crippen molar-refractivity contribution in [3.63, 3.8) is 0 Å². The van der Waals surface area contributed by atoms with Gasteiger partial charge in [0, 0.05) is 33.3 Å². The summed E-state index contributed by atoms with van der Waals surface area (Å²) >= 11 is 1.29. The maximum Gasteiger partial charge on any atom is 0.185 e. The van der Waals surface area contributed by atoms with Crippen LogP contribution in [-0.2, 0) is 14.3 Å². The molecule has 0 heterocycles. The molecule has 0 aliphatic rings. The third-order valence-corrected chi connectivity index (χ3v) is 2.03. The van der Waals surface area contributed by atoms with E-state index in [1.807, 2.05) is 0 Å². The van der Waals surface area contributed by atoms with E-state index in [-0.39, 0.29) is 11.4 Å². The molecule has 0 aliphatic carbocycles. The van der Waals surface area contributed by atoms with E-state index in [4.69, 9.17) is 9.47 Å². The molecular weight excluding hydrogens is 164 g/mol. The third kappa shape index (κ3) is 6.34. The Morgan fingerprint density at radius 2 is 2.00 bits per heavy atom. The standard InChI is InChI=1S/C7H14O3S/c1-6(8)11-5-4-7(9-2)10-3/h7H,4-5H2,1-3H3. The molecule has 0 rings (SSSR count). The fraction of sp³-hybridized carbons (Fsp3) is 0.857. The van der Waals surface area contributed by atoms with Gasteiger partial charge in [0.25, 0.3) is 0 Å².